The molecular weight excluding hydrogens is 380 g/mol. The molecule has 0 atom stereocenters. The number of nitrogens with one attached hydrogen (secondary N) is 1. The van der Waals surface area contributed by atoms with Crippen molar-refractivity contribution in [3.8, 4) is 11.4 Å². The largest absolute Gasteiger partial charge is 0.343 e. The Morgan fingerprint density at radius 1 is 1.36 bits per heavy atom. The molecule has 0 aliphatic carbocycles. The summed E-state index contributed by atoms with van der Waals surface area (Å²) in [7, 11) is 0. The lowest BCUT2D eigenvalue weighted by atomic mass is 10.2. The molecule has 0 saturated carbocycles. The van der Waals surface area contributed by atoms with E-state index in [1.165, 1.54) is 6.08 Å². The van der Waals surface area contributed by atoms with Gasteiger partial charge in [0.1, 0.15) is 5.15 Å². The summed E-state index contributed by atoms with van der Waals surface area (Å²) in [5, 5.41) is 11.5. The lowest BCUT2D eigenvalue weighted by Crippen LogP contribution is -2.20. The van der Waals surface area contributed by atoms with Gasteiger partial charge < -0.3 is 9.84 Å². The number of hydrogen-bond acceptors (Lipinski definition) is 6. The molecule has 9 heteroatoms. The molecular formula is C19H21ClN6O2. The smallest absolute Gasteiger partial charge is 0.246 e. The minimum atomic E-state index is -0.296. The Labute approximate surface area is 167 Å². The highest BCUT2D eigenvalue weighted by atomic mass is 35.5. The second kappa shape index (κ2) is 8.79. The highest BCUT2D eigenvalue weighted by Gasteiger charge is 2.13. The summed E-state index contributed by atoms with van der Waals surface area (Å²) < 4.78 is 6.90. The summed E-state index contributed by atoms with van der Waals surface area (Å²) in [6.07, 6.45) is 6.37. The van der Waals surface area contributed by atoms with Gasteiger partial charge in [-0.15, -0.1) is 0 Å². The number of pyridine rings is 1. The van der Waals surface area contributed by atoms with E-state index < -0.39 is 0 Å². The number of carbonyl (C=O) groups is 1. The van der Waals surface area contributed by atoms with Crippen molar-refractivity contribution < 1.29 is 9.32 Å². The molecule has 0 aliphatic rings. The van der Waals surface area contributed by atoms with E-state index in [2.05, 4.69) is 39.4 Å². The molecule has 3 heterocycles. The molecule has 3 aromatic rings. The van der Waals surface area contributed by atoms with Crippen LogP contribution in [0.3, 0.4) is 0 Å². The van der Waals surface area contributed by atoms with Gasteiger partial charge in [0, 0.05) is 36.1 Å². The van der Waals surface area contributed by atoms with E-state index in [1.54, 1.807) is 35.3 Å². The molecule has 1 N–H and O–H groups in total. The number of aromatic nitrogens is 5. The zero-order valence-electron chi connectivity index (χ0n) is 15.9. The van der Waals surface area contributed by atoms with E-state index in [4.69, 9.17) is 16.1 Å². The van der Waals surface area contributed by atoms with E-state index in [0.717, 1.165) is 23.4 Å². The van der Waals surface area contributed by atoms with E-state index >= 15 is 0 Å². The predicted octanol–water partition coefficient (Wildman–Crippen LogP) is 3.28. The first-order valence-corrected chi connectivity index (χ1v) is 9.23. The van der Waals surface area contributed by atoms with Crippen LogP contribution in [0.2, 0.25) is 5.15 Å². The fourth-order valence-corrected chi connectivity index (χ4v) is 2.86. The SMILES string of the molecule is Cc1nn(CC(C)C)c(Cl)c1/C=C/C(=O)NCc1nc(-c2ccncc2)no1. The van der Waals surface area contributed by atoms with Crippen molar-refractivity contribution in [3.63, 3.8) is 0 Å². The van der Waals surface area contributed by atoms with Gasteiger partial charge in [0.2, 0.25) is 17.6 Å². The molecule has 8 nitrogen and oxygen atoms in total. The second-order valence-corrected chi connectivity index (χ2v) is 7.02. The molecule has 28 heavy (non-hydrogen) atoms. The molecule has 3 rings (SSSR count). The van der Waals surface area contributed by atoms with Crippen LogP contribution in [0.15, 0.2) is 35.1 Å². The molecule has 0 spiro atoms. The third-order valence-corrected chi connectivity index (χ3v) is 4.27. The highest BCUT2D eigenvalue weighted by molar-refractivity contribution is 6.31. The van der Waals surface area contributed by atoms with E-state index in [-0.39, 0.29) is 12.5 Å². The fraction of sp³-hybridized carbons (Fsp3) is 0.316. The van der Waals surface area contributed by atoms with Crippen LogP contribution in [-0.2, 0) is 17.9 Å². The van der Waals surface area contributed by atoms with Crippen molar-refractivity contribution in [2.45, 2.75) is 33.9 Å². The number of rotatable bonds is 7. The zero-order chi connectivity index (χ0) is 20.1. The average Bonchev–Trinajstić information content (AvgIpc) is 3.24. The van der Waals surface area contributed by atoms with Crippen LogP contribution in [-0.4, -0.2) is 30.8 Å². The number of amides is 1. The summed E-state index contributed by atoms with van der Waals surface area (Å²) in [5.41, 5.74) is 2.29. The molecule has 146 valence electrons. The summed E-state index contributed by atoms with van der Waals surface area (Å²) >= 11 is 6.37. The lowest BCUT2D eigenvalue weighted by molar-refractivity contribution is -0.116. The second-order valence-electron chi connectivity index (χ2n) is 6.66. The Morgan fingerprint density at radius 3 is 2.82 bits per heavy atom. The first-order chi connectivity index (χ1) is 13.4. The number of aryl methyl sites for hydroxylation is 1. The summed E-state index contributed by atoms with van der Waals surface area (Å²) in [6, 6.07) is 3.56. The Kier molecular flexibility index (Phi) is 6.20. The van der Waals surface area contributed by atoms with Crippen LogP contribution in [0.1, 0.15) is 31.0 Å². The normalized spacial score (nSPS) is 11.5. The van der Waals surface area contributed by atoms with Gasteiger partial charge in [0.15, 0.2) is 0 Å². The van der Waals surface area contributed by atoms with Crippen LogP contribution in [0.25, 0.3) is 17.5 Å². The summed E-state index contributed by atoms with van der Waals surface area (Å²) in [5.74, 6) is 0.883. The first kappa shape index (κ1) is 19.8. The van der Waals surface area contributed by atoms with Crippen LogP contribution < -0.4 is 5.32 Å². The zero-order valence-corrected chi connectivity index (χ0v) is 16.6. The molecule has 0 aromatic carbocycles. The van der Waals surface area contributed by atoms with Gasteiger partial charge in [-0.2, -0.15) is 10.1 Å². The number of halogens is 1. The number of carbonyl (C=O) groups excluding carboxylic acids is 1. The van der Waals surface area contributed by atoms with Crippen molar-refractivity contribution in [2.75, 3.05) is 0 Å². The quantitative estimate of drug-likeness (QED) is 0.611. The van der Waals surface area contributed by atoms with Gasteiger partial charge >= 0.3 is 0 Å². The Bertz CT molecular complexity index is 978. The molecule has 1 amide bonds. The monoisotopic (exact) mass is 400 g/mol. The van der Waals surface area contributed by atoms with Crippen molar-refractivity contribution in [2.24, 2.45) is 5.92 Å². The third-order valence-electron chi connectivity index (χ3n) is 3.87. The van der Waals surface area contributed by atoms with Gasteiger partial charge in [-0.1, -0.05) is 30.6 Å². The maximum Gasteiger partial charge on any atom is 0.246 e. The Balaban J connectivity index is 1.59. The predicted molar refractivity (Wildman–Crippen MR) is 105 cm³/mol. The highest BCUT2D eigenvalue weighted by Crippen LogP contribution is 2.22. The molecule has 0 fully saturated rings. The molecule has 0 bridgehead atoms. The topological polar surface area (TPSA) is 98.7 Å². The van der Waals surface area contributed by atoms with Gasteiger partial charge in [-0.3, -0.25) is 14.5 Å². The standard InChI is InChI=1S/C19H21ClN6O2/c1-12(2)11-26-18(20)15(13(3)24-26)4-5-16(27)22-10-17-23-19(25-28-17)14-6-8-21-9-7-14/h4-9,12H,10-11H2,1-3H3,(H,22,27)/b5-4+. The van der Waals surface area contributed by atoms with E-state index in [1.807, 2.05) is 6.92 Å². The van der Waals surface area contributed by atoms with Crippen molar-refractivity contribution in [1.82, 2.24) is 30.2 Å². The maximum atomic E-state index is 12.1. The minimum Gasteiger partial charge on any atom is -0.343 e. The summed E-state index contributed by atoms with van der Waals surface area (Å²) in [4.78, 5) is 20.3. The molecule has 0 radical (unpaired) electrons. The van der Waals surface area contributed by atoms with E-state index in [0.29, 0.717) is 22.8 Å². The molecule has 0 unspecified atom stereocenters. The summed E-state index contributed by atoms with van der Waals surface area (Å²) in [6.45, 7) is 6.89. The lowest BCUT2D eigenvalue weighted by Gasteiger charge is -2.05. The average molecular weight is 401 g/mol. The van der Waals surface area contributed by atoms with Crippen molar-refractivity contribution >= 4 is 23.6 Å². The van der Waals surface area contributed by atoms with E-state index in [9.17, 15) is 4.79 Å². The van der Waals surface area contributed by atoms with Crippen LogP contribution in [0.5, 0.6) is 0 Å². The minimum absolute atomic E-state index is 0.126. The van der Waals surface area contributed by atoms with Crippen molar-refractivity contribution in [1.29, 1.82) is 0 Å². The molecule has 3 aromatic heterocycles. The van der Waals surface area contributed by atoms with Crippen LogP contribution >= 0.6 is 11.6 Å². The Morgan fingerprint density at radius 2 is 2.11 bits per heavy atom. The molecule has 0 saturated heterocycles. The number of nitrogens with zero attached hydrogens (tertiary/aromatic N) is 5. The first-order valence-electron chi connectivity index (χ1n) is 8.86. The maximum absolute atomic E-state index is 12.1. The van der Waals surface area contributed by atoms with Gasteiger partial charge in [-0.25, -0.2) is 0 Å². The van der Waals surface area contributed by atoms with Gasteiger partial charge in [-0.05, 0) is 31.1 Å². The van der Waals surface area contributed by atoms with Crippen LogP contribution in [0.4, 0.5) is 0 Å². The van der Waals surface area contributed by atoms with Gasteiger partial charge in [0.05, 0.1) is 12.2 Å². The Hall–Kier alpha value is -3.00. The number of hydrogen-bond donors (Lipinski definition) is 1. The van der Waals surface area contributed by atoms with Crippen LogP contribution in [0, 0.1) is 12.8 Å². The third kappa shape index (κ3) is 4.83. The fourth-order valence-electron chi connectivity index (χ4n) is 2.55. The molecule has 0 aliphatic heterocycles. The van der Waals surface area contributed by atoms with Crippen molar-refractivity contribution in [3.05, 3.63) is 52.9 Å². The van der Waals surface area contributed by atoms with Gasteiger partial charge in [0.25, 0.3) is 0 Å².